The Bertz CT molecular complexity index is 379. The topological polar surface area (TPSA) is 38.8 Å². The second kappa shape index (κ2) is 6.75. The summed E-state index contributed by atoms with van der Waals surface area (Å²) < 4.78 is 10.4. The number of ether oxygens (including phenoxy) is 2. The highest BCUT2D eigenvalue weighted by atomic mass is 16.5. The van der Waals surface area contributed by atoms with Gasteiger partial charge in [-0.25, -0.2) is 4.79 Å². The lowest BCUT2D eigenvalue weighted by Crippen LogP contribution is -2.31. The number of rotatable bonds is 5. The van der Waals surface area contributed by atoms with Gasteiger partial charge in [-0.3, -0.25) is 0 Å². The third-order valence-electron chi connectivity index (χ3n) is 3.26. The molecule has 0 amide bonds. The molecule has 0 N–H and O–H groups in total. The second-order valence-electron chi connectivity index (χ2n) is 5.10. The van der Waals surface area contributed by atoms with E-state index in [1.807, 2.05) is 13.8 Å². The number of nitrogens with zero attached hydrogens (tertiary/aromatic N) is 1. The first-order valence-electron chi connectivity index (χ1n) is 6.84. The van der Waals surface area contributed by atoms with Crippen molar-refractivity contribution < 1.29 is 14.3 Å². The summed E-state index contributed by atoms with van der Waals surface area (Å²) in [5.74, 6) is -0.313. The predicted molar refractivity (Wildman–Crippen MR) is 75.8 cm³/mol. The molecular formula is C15H25NO3. The van der Waals surface area contributed by atoms with E-state index in [1.165, 1.54) is 7.11 Å². The summed E-state index contributed by atoms with van der Waals surface area (Å²) >= 11 is 0. The van der Waals surface area contributed by atoms with E-state index >= 15 is 0 Å². The zero-order valence-corrected chi connectivity index (χ0v) is 12.7. The maximum atomic E-state index is 11.6. The molecule has 0 unspecified atom stereocenters. The number of likely N-dealkylation sites (N-methyl/N-ethyl adjacent to an activating group) is 1. The van der Waals surface area contributed by atoms with E-state index in [-0.39, 0.29) is 11.6 Å². The summed E-state index contributed by atoms with van der Waals surface area (Å²) in [6, 6.07) is 0. The van der Waals surface area contributed by atoms with Crippen LogP contribution in [0.2, 0.25) is 0 Å². The van der Waals surface area contributed by atoms with Crippen LogP contribution in [0.1, 0.15) is 34.1 Å². The lowest BCUT2D eigenvalue weighted by atomic mass is 9.96. The van der Waals surface area contributed by atoms with Crippen LogP contribution >= 0.6 is 0 Å². The third kappa shape index (κ3) is 4.39. The van der Waals surface area contributed by atoms with Crippen molar-refractivity contribution in [3.63, 3.8) is 0 Å². The molecule has 19 heavy (non-hydrogen) atoms. The molecule has 1 aliphatic rings. The number of hydrogen-bond donors (Lipinski definition) is 0. The standard InChI is InChI=1S/C15H25NO3/c1-6-16(7-2)13(10-14(17)18-5)12-8-9-19-15(3,4)11-12/h10-11H,6-9H2,1-5H3/b13-10-. The Morgan fingerprint density at radius 3 is 2.58 bits per heavy atom. The molecule has 1 heterocycles. The first kappa shape index (κ1) is 15.8. The van der Waals surface area contributed by atoms with Gasteiger partial charge in [0.15, 0.2) is 0 Å². The highest BCUT2D eigenvalue weighted by Gasteiger charge is 2.24. The van der Waals surface area contributed by atoms with Crippen LogP contribution in [0, 0.1) is 0 Å². The summed E-state index contributed by atoms with van der Waals surface area (Å²) in [6.07, 6.45) is 4.51. The van der Waals surface area contributed by atoms with Crippen LogP contribution in [0.15, 0.2) is 23.4 Å². The highest BCUT2D eigenvalue weighted by molar-refractivity contribution is 5.83. The molecule has 0 atom stereocenters. The minimum absolute atomic E-state index is 0.282. The Morgan fingerprint density at radius 2 is 2.11 bits per heavy atom. The maximum Gasteiger partial charge on any atom is 0.332 e. The molecule has 0 saturated heterocycles. The molecular weight excluding hydrogens is 242 g/mol. The van der Waals surface area contributed by atoms with Crippen molar-refractivity contribution in [3.05, 3.63) is 23.4 Å². The van der Waals surface area contributed by atoms with Crippen LogP contribution in [0.25, 0.3) is 0 Å². The van der Waals surface area contributed by atoms with Gasteiger partial charge < -0.3 is 14.4 Å². The molecule has 1 rings (SSSR count). The third-order valence-corrected chi connectivity index (χ3v) is 3.26. The Labute approximate surface area is 116 Å². The van der Waals surface area contributed by atoms with Gasteiger partial charge in [-0.15, -0.1) is 0 Å². The smallest absolute Gasteiger partial charge is 0.332 e. The van der Waals surface area contributed by atoms with E-state index in [2.05, 4.69) is 24.8 Å². The fourth-order valence-corrected chi connectivity index (χ4v) is 2.28. The molecule has 0 spiro atoms. The molecule has 0 aliphatic carbocycles. The van der Waals surface area contributed by atoms with Gasteiger partial charge in [-0.05, 0) is 45.8 Å². The fourth-order valence-electron chi connectivity index (χ4n) is 2.28. The van der Waals surface area contributed by atoms with Crippen molar-refractivity contribution in [2.75, 3.05) is 26.8 Å². The molecule has 1 aliphatic heterocycles. The van der Waals surface area contributed by atoms with E-state index in [1.54, 1.807) is 6.08 Å². The van der Waals surface area contributed by atoms with Crippen molar-refractivity contribution in [3.8, 4) is 0 Å². The van der Waals surface area contributed by atoms with E-state index in [9.17, 15) is 4.79 Å². The number of carbonyl (C=O) groups is 1. The Balaban J connectivity index is 3.13. The maximum absolute atomic E-state index is 11.6. The van der Waals surface area contributed by atoms with E-state index in [4.69, 9.17) is 9.47 Å². The quantitative estimate of drug-likeness (QED) is 0.567. The molecule has 0 fully saturated rings. The van der Waals surface area contributed by atoms with Crippen LogP contribution in [-0.2, 0) is 14.3 Å². The first-order valence-corrected chi connectivity index (χ1v) is 6.84. The zero-order chi connectivity index (χ0) is 14.5. The van der Waals surface area contributed by atoms with Gasteiger partial charge >= 0.3 is 5.97 Å². The van der Waals surface area contributed by atoms with Crippen LogP contribution in [0.3, 0.4) is 0 Å². The minimum atomic E-state index is -0.313. The molecule has 0 aromatic rings. The van der Waals surface area contributed by atoms with E-state index in [0.717, 1.165) is 30.8 Å². The van der Waals surface area contributed by atoms with Crippen molar-refractivity contribution >= 4 is 5.97 Å². The van der Waals surface area contributed by atoms with Gasteiger partial charge in [-0.2, -0.15) is 0 Å². The largest absolute Gasteiger partial charge is 0.466 e. The van der Waals surface area contributed by atoms with Crippen molar-refractivity contribution in [2.45, 2.75) is 39.7 Å². The Morgan fingerprint density at radius 1 is 1.47 bits per heavy atom. The number of carbonyl (C=O) groups excluding carboxylic acids is 1. The second-order valence-corrected chi connectivity index (χ2v) is 5.10. The lowest BCUT2D eigenvalue weighted by Gasteiger charge is -2.33. The Hall–Kier alpha value is -1.29. The average molecular weight is 267 g/mol. The molecule has 4 heteroatoms. The zero-order valence-electron chi connectivity index (χ0n) is 12.7. The molecule has 0 bridgehead atoms. The lowest BCUT2D eigenvalue weighted by molar-refractivity contribution is -0.135. The molecule has 0 aromatic carbocycles. The fraction of sp³-hybridized carbons (Fsp3) is 0.667. The summed E-state index contributed by atoms with van der Waals surface area (Å²) in [7, 11) is 1.40. The van der Waals surface area contributed by atoms with E-state index < -0.39 is 0 Å². The highest BCUT2D eigenvalue weighted by Crippen LogP contribution is 2.28. The molecule has 4 nitrogen and oxygen atoms in total. The van der Waals surface area contributed by atoms with Crippen LogP contribution in [-0.4, -0.2) is 43.3 Å². The SMILES string of the molecule is CCN(CC)/C(=C\C(=O)OC)C1=CC(C)(C)OCC1. The van der Waals surface area contributed by atoms with Gasteiger partial charge in [0.1, 0.15) is 0 Å². The molecule has 0 saturated carbocycles. The number of esters is 1. The van der Waals surface area contributed by atoms with Crippen LogP contribution in [0.5, 0.6) is 0 Å². The van der Waals surface area contributed by atoms with E-state index in [0.29, 0.717) is 6.61 Å². The predicted octanol–water partition coefficient (Wildman–Crippen LogP) is 2.51. The minimum Gasteiger partial charge on any atom is -0.466 e. The van der Waals surface area contributed by atoms with Crippen molar-refractivity contribution in [1.29, 1.82) is 0 Å². The van der Waals surface area contributed by atoms with Gasteiger partial charge in [-0.1, -0.05) is 0 Å². The average Bonchev–Trinajstić information content (AvgIpc) is 2.37. The van der Waals surface area contributed by atoms with Crippen molar-refractivity contribution in [1.82, 2.24) is 4.90 Å². The van der Waals surface area contributed by atoms with Crippen LogP contribution < -0.4 is 0 Å². The van der Waals surface area contributed by atoms with Gasteiger partial charge in [0.25, 0.3) is 0 Å². The molecule has 108 valence electrons. The first-order chi connectivity index (χ1) is 8.93. The summed E-state index contributed by atoms with van der Waals surface area (Å²) in [4.78, 5) is 13.7. The normalized spacial score (nSPS) is 18.8. The number of hydrogen-bond acceptors (Lipinski definition) is 4. The van der Waals surface area contributed by atoms with Gasteiger partial charge in [0.2, 0.25) is 0 Å². The molecule has 0 aromatic heterocycles. The number of allylic oxidation sites excluding steroid dienone is 1. The molecule has 0 radical (unpaired) electrons. The van der Waals surface area contributed by atoms with Gasteiger partial charge in [0.05, 0.1) is 19.3 Å². The van der Waals surface area contributed by atoms with Crippen molar-refractivity contribution in [2.24, 2.45) is 0 Å². The summed E-state index contributed by atoms with van der Waals surface area (Å²) in [5, 5.41) is 0. The van der Waals surface area contributed by atoms with Gasteiger partial charge in [0, 0.05) is 24.9 Å². The summed E-state index contributed by atoms with van der Waals surface area (Å²) in [5.41, 5.74) is 1.83. The monoisotopic (exact) mass is 267 g/mol. The summed E-state index contributed by atoms with van der Waals surface area (Å²) in [6.45, 7) is 10.6. The number of methoxy groups -OCH3 is 1. The Kier molecular flexibility index (Phi) is 5.60. The van der Waals surface area contributed by atoms with Crippen LogP contribution in [0.4, 0.5) is 0 Å².